The average Bonchev–Trinajstić information content (AvgIpc) is 3.18. The minimum Gasteiger partial charge on any atom is -0.466 e. The van der Waals surface area contributed by atoms with Crippen LogP contribution in [-0.4, -0.2) is 33.7 Å². The lowest BCUT2D eigenvalue weighted by Gasteiger charge is -2.21. The smallest absolute Gasteiger partial charge is 0.325 e. The molecule has 1 N–H and O–H groups in total. The highest BCUT2D eigenvalue weighted by Gasteiger charge is 2.51. The van der Waals surface area contributed by atoms with E-state index in [1.807, 2.05) is 18.4 Å². The molecule has 7 nitrogen and oxygen atoms in total. The highest BCUT2D eigenvalue weighted by atomic mass is 16.3. The number of ketones is 1. The van der Waals surface area contributed by atoms with Crippen molar-refractivity contribution in [2.75, 3.05) is 6.54 Å². The molecule has 2 aromatic rings. The number of allylic oxidation sites excluding steroid dienone is 1. The van der Waals surface area contributed by atoms with Crippen LogP contribution in [0, 0.1) is 27.7 Å². The monoisotopic (exact) mass is 383 g/mol. The van der Waals surface area contributed by atoms with Gasteiger partial charge in [-0.3, -0.25) is 14.5 Å². The number of rotatable bonds is 6. The zero-order chi connectivity index (χ0) is 20.8. The number of furan rings is 1. The molecular weight excluding hydrogens is 358 g/mol. The number of carbonyl (C=O) groups excluding carboxylic acids is 3. The number of imide groups is 1. The predicted molar refractivity (Wildman–Crippen MR) is 104 cm³/mol. The third-order valence-electron chi connectivity index (χ3n) is 5.34. The minimum absolute atomic E-state index is 0.281. The van der Waals surface area contributed by atoms with Gasteiger partial charge in [0.15, 0.2) is 5.78 Å². The second-order valence-electron chi connectivity index (χ2n) is 7.38. The van der Waals surface area contributed by atoms with Gasteiger partial charge in [-0.2, -0.15) is 0 Å². The van der Waals surface area contributed by atoms with E-state index >= 15 is 0 Å². The number of hydrogen-bond donors (Lipinski definition) is 1. The summed E-state index contributed by atoms with van der Waals surface area (Å²) in [6.07, 6.45) is 1.76. The van der Waals surface area contributed by atoms with Gasteiger partial charge in [-0.05, 0) is 46.8 Å². The van der Waals surface area contributed by atoms with E-state index in [9.17, 15) is 14.4 Å². The number of hydrogen-bond acceptors (Lipinski definition) is 4. The van der Waals surface area contributed by atoms with Crippen LogP contribution in [0.1, 0.15) is 45.8 Å². The Kier molecular flexibility index (Phi) is 4.79. The molecular formula is C21H25N3O4. The molecule has 28 heavy (non-hydrogen) atoms. The van der Waals surface area contributed by atoms with Gasteiger partial charge in [0, 0.05) is 29.1 Å². The summed E-state index contributed by atoms with van der Waals surface area (Å²) in [5, 5.41) is 2.72. The number of amides is 3. The number of urea groups is 1. The topological polar surface area (TPSA) is 84.6 Å². The first-order chi connectivity index (χ1) is 13.1. The summed E-state index contributed by atoms with van der Waals surface area (Å²) in [6, 6.07) is 2.93. The van der Waals surface area contributed by atoms with E-state index in [1.165, 1.54) is 0 Å². The molecule has 0 unspecified atom stereocenters. The zero-order valence-corrected chi connectivity index (χ0v) is 16.9. The Labute approximate surface area is 164 Å². The number of aryl methyl sites for hydroxylation is 3. The molecule has 3 rings (SSSR count). The van der Waals surface area contributed by atoms with Crippen LogP contribution in [-0.2, 0) is 16.9 Å². The Morgan fingerprint density at radius 2 is 1.93 bits per heavy atom. The van der Waals surface area contributed by atoms with Crippen molar-refractivity contribution in [1.82, 2.24) is 14.8 Å². The highest BCUT2D eigenvalue weighted by molar-refractivity contribution is 6.11. The number of nitrogens with zero attached hydrogens (tertiary/aromatic N) is 2. The summed E-state index contributed by atoms with van der Waals surface area (Å²) in [5.74, 6) is 0.473. The maximum atomic E-state index is 13.1. The highest BCUT2D eigenvalue weighted by Crippen LogP contribution is 2.33. The van der Waals surface area contributed by atoms with E-state index in [-0.39, 0.29) is 12.3 Å². The van der Waals surface area contributed by atoms with Crippen LogP contribution in [0.5, 0.6) is 0 Å². The summed E-state index contributed by atoms with van der Waals surface area (Å²) < 4.78 is 7.48. The van der Waals surface area contributed by atoms with Crippen molar-refractivity contribution >= 4 is 17.7 Å². The van der Waals surface area contributed by atoms with Gasteiger partial charge in [0.2, 0.25) is 0 Å². The van der Waals surface area contributed by atoms with Crippen molar-refractivity contribution in [3.05, 3.63) is 58.8 Å². The van der Waals surface area contributed by atoms with Crippen LogP contribution in [0.2, 0.25) is 0 Å². The molecule has 1 atom stereocenters. The number of nitrogens with one attached hydrogen (secondary N) is 1. The van der Waals surface area contributed by atoms with Gasteiger partial charge < -0.3 is 14.3 Å². The molecule has 1 fully saturated rings. The molecule has 1 aliphatic rings. The predicted octanol–water partition coefficient (Wildman–Crippen LogP) is 3.15. The van der Waals surface area contributed by atoms with Crippen molar-refractivity contribution in [3.8, 4) is 0 Å². The Hall–Kier alpha value is -3.09. The molecule has 0 radical (unpaired) electrons. The van der Waals surface area contributed by atoms with Crippen LogP contribution in [0.15, 0.2) is 29.2 Å². The molecule has 0 spiro atoms. The molecule has 3 heterocycles. The van der Waals surface area contributed by atoms with E-state index in [2.05, 4.69) is 11.9 Å². The third-order valence-corrected chi connectivity index (χ3v) is 5.34. The lowest BCUT2D eigenvalue weighted by atomic mass is 9.92. The first-order valence-corrected chi connectivity index (χ1v) is 9.12. The first kappa shape index (κ1) is 19.7. The van der Waals surface area contributed by atoms with Gasteiger partial charge in [0.25, 0.3) is 5.91 Å². The number of carbonyl (C=O) groups is 3. The van der Waals surface area contributed by atoms with Crippen molar-refractivity contribution in [3.63, 3.8) is 0 Å². The lowest BCUT2D eigenvalue weighted by Crippen LogP contribution is -2.41. The molecule has 2 aromatic heterocycles. The summed E-state index contributed by atoms with van der Waals surface area (Å²) in [7, 11) is 0. The largest absolute Gasteiger partial charge is 0.466 e. The van der Waals surface area contributed by atoms with Crippen LogP contribution in [0.25, 0.3) is 0 Å². The maximum Gasteiger partial charge on any atom is 0.325 e. The van der Waals surface area contributed by atoms with Crippen LogP contribution in [0.4, 0.5) is 4.79 Å². The fraction of sp³-hybridized carbons (Fsp3) is 0.381. The van der Waals surface area contributed by atoms with Crippen LogP contribution in [0.3, 0.4) is 0 Å². The molecule has 7 heteroatoms. The first-order valence-electron chi connectivity index (χ1n) is 9.12. The van der Waals surface area contributed by atoms with Crippen LogP contribution < -0.4 is 5.32 Å². The van der Waals surface area contributed by atoms with Crippen LogP contribution >= 0.6 is 0 Å². The normalized spacial score (nSPS) is 19.2. The van der Waals surface area contributed by atoms with E-state index in [1.54, 1.807) is 39.0 Å². The van der Waals surface area contributed by atoms with Crippen molar-refractivity contribution < 1.29 is 18.8 Å². The molecule has 0 aliphatic carbocycles. The Bertz CT molecular complexity index is 998. The average molecular weight is 383 g/mol. The second-order valence-corrected chi connectivity index (χ2v) is 7.38. The Balaban J connectivity index is 1.87. The molecule has 148 valence electrons. The molecule has 1 aliphatic heterocycles. The van der Waals surface area contributed by atoms with Gasteiger partial charge in [-0.25, -0.2) is 4.79 Å². The maximum absolute atomic E-state index is 13.1. The summed E-state index contributed by atoms with van der Waals surface area (Å²) >= 11 is 0. The fourth-order valence-electron chi connectivity index (χ4n) is 3.87. The van der Waals surface area contributed by atoms with Gasteiger partial charge in [0.05, 0.1) is 6.54 Å². The lowest BCUT2D eigenvalue weighted by molar-refractivity contribution is -0.130. The van der Waals surface area contributed by atoms with E-state index in [4.69, 9.17) is 4.42 Å². The Morgan fingerprint density at radius 3 is 2.50 bits per heavy atom. The molecule has 0 aromatic carbocycles. The molecule has 0 saturated carbocycles. The summed E-state index contributed by atoms with van der Waals surface area (Å²) in [5.41, 5.74) is 1.57. The SMILES string of the molecule is C=CCn1c(C)cc(C(=O)CN2C(=O)N[C@](C)(c3cc(C)oc3C)C2=O)c1C. The molecule has 1 saturated heterocycles. The Morgan fingerprint density at radius 1 is 1.25 bits per heavy atom. The standard InChI is InChI=1S/C21H25N3O4/c1-7-8-23-12(2)9-16(14(23)4)18(25)11-24-19(26)21(6,22-20(24)27)17-10-13(3)28-15(17)5/h7,9-10H,1,8,11H2,2-6H3,(H,22,27)/t21-/m1/s1. The summed E-state index contributed by atoms with van der Waals surface area (Å²) in [6.45, 7) is 12.9. The zero-order valence-electron chi connectivity index (χ0n) is 16.9. The third kappa shape index (κ3) is 2.96. The van der Waals surface area contributed by atoms with E-state index in [0.29, 0.717) is 29.2 Å². The number of aromatic nitrogens is 1. The molecule has 3 amide bonds. The van der Waals surface area contributed by atoms with E-state index < -0.39 is 17.5 Å². The number of Topliss-reactive ketones (excluding diaryl/α,β-unsaturated/α-hetero) is 1. The van der Waals surface area contributed by atoms with Gasteiger partial charge >= 0.3 is 6.03 Å². The van der Waals surface area contributed by atoms with Crippen molar-refractivity contribution in [2.45, 2.75) is 46.7 Å². The fourth-order valence-corrected chi connectivity index (χ4v) is 3.87. The molecule has 0 bridgehead atoms. The summed E-state index contributed by atoms with van der Waals surface area (Å²) in [4.78, 5) is 39.4. The van der Waals surface area contributed by atoms with E-state index in [0.717, 1.165) is 16.3 Å². The second kappa shape index (κ2) is 6.82. The minimum atomic E-state index is -1.25. The van der Waals surface area contributed by atoms with Crippen molar-refractivity contribution in [1.29, 1.82) is 0 Å². The quantitative estimate of drug-likeness (QED) is 0.472. The van der Waals surface area contributed by atoms with Gasteiger partial charge in [-0.15, -0.1) is 6.58 Å². The van der Waals surface area contributed by atoms with Crippen molar-refractivity contribution in [2.24, 2.45) is 0 Å². The van der Waals surface area contributed by atoms with Gasteiger partial charge in [-0.1, -0.05) is 6.08 Å². The van der Waals surface area contributed by atoms with Gasteiger partial charge in [0.1, 0.15) is 17.1 Å².